The molecular formula is C85H79Cl3N14O15S3. The lowest BCUT2D eigenvalue weighted by molar-refractivity contribution is -0.116. The molecule has 120 heavy (non-hydrogen) atoms. The Morgan fingerprint density at radius 1 is 0.433 bits per heavy atom. The highest BCUT2D eigenvalue weighted by atomic mass is 35.5. The number of phenols is 3. The second-order valence-corrected chi connectivity index (χ2v) is 34.9. The molecule has 0 saturated carbocycles. The molecule has 0 saturated heterocycles. The smallest absolute Gasteiger partial charge is 0.277 e. The van der Waals surface area contributed by atoms with Gasteiger partial charge < -0.3 is 56.4 Å². The normalized spacial score (nSPS) is 12.1. The summed E-state index contributed by atoms with van der Waals surface area (Å²) in [5.41, 5.74) is 5.82. The van der Waals surface area contributed by atoms with Crippen molar-refractivity contribution in [2.24, 2.45) is 7.05 Å². The number of carbonyl (C=O) groups is 6. The first-order valence-corrected chi connectivity index (χ1v) is 42.7. The number of carbonyl (C=O) groups excluding carboxylic acids is 6. The third-order valence-corrected chi connectivity index (χ3v) is 26.1. The first kappa shape index (κ1) is 87.6. The van der Waals surface area contributed by atoms with Gasteiger partial charge in [0.05, 0.1) is 93.1 Å². The molecule has 3 atom stereocenters. The zero-order chi connectivity index (χ0) is 86.5. The molecule has 35 heteroatoms. The number of para-hydroxylation sites is 2. The summed E-state index contributed by atoms with van der Waals surface area (Å²) in [4.78, 5) is 79.3. The molecule has 13 aromatic rings. The van der Waals surface area contributed by atoms with Gasteiger partial charge in [-0.15, -0.1) is 15.0 Å². The van der Waals surface area contributed by atoms with E-state index in [0.717, 1.165) is 40.1 Å². The van der Waals surface area contributed by atoms with E-state index in [1.807, 2.05) is 78.9 Å². The van der Waals surface area contributed by atoms with Crippen molar-refractivity contribution in [3.8, 4) is 45.6 Å². The fourth-order valence-corrected chi connectivity index (χ4v) is 18.2. The van der Waals surface area contributed by atoms with Crippen molar-refractivity contribution in [3.05, 3.63) is 292 Å². The number of hydrogen-bond acceptors (Lipinski definition) is 19. The lowest BCUT2D eigenvalue weighted by Crippen LogP contribution is -2.35. The Labute approximate surface area is 705 Å². The van der Waals surface area contributed by atoms with Crippen LogP contribution in [0, 0.1) is 20.8 Å². The third kappa shape index (κ3) is 20.6. The number of aryl methyl sites for hydroxylation is 4. The van der Waals surface area contributed by atoms with Crippen molar-refractivity contribution in [2.45, 2.75) is 91.2 Å². The van der Waals surface area contributed by atoms with Gasteiger partial charge in [0, 0.05) is 61.3 Å². The number of hydrogen-bond donors (Lipinski definition) is 9. The Balaban J connectivity index is 0.000000176. The molecule has 6 amide bonds. The molecular weight excluding hydrogens is 1660 g/mol. The summed E-state index contributed by atoms with van der Waals surface area (Å²) in [5.74, 6) is -5.24. The topological polar surface area (TPSA) is 409 Å². The standard InChI is InChI=1S/C31H30N6O5S.C28H25Cl2N3O5S.C26H24ClN5O5S/c1-4-29(43(41,42)23-12-8-9-20(2)15-23)31(40)33-24-17-28(38)25(34-30(39)22-13-14-36(3)19-22)16-27(24)37-32-18-26(35-37)21-10-6-5-7-11-21;1-3-26(39(37,38)19-11-7-8-17(2)12-19)28(36)31-23-14-25(34)24(13-21(23)29)32-27(35)20-15-33(16-22(20)30)18-9-5-4-6-10-18;1-3-24(38(36,37)18-11-7-8-16(2)12-18)26(35)28-20-14-23(33)21(13-19(20)27)29-25(34)22-15-32(31-30-22)17-9-5-4-6-10-17/h5-19,29,38H,4H2,1-3H3,(H,33,40)(H,34,39);4-16,26,34H,3H2,1-2H3,(H,31,36)(H,32,35);4-15,24,33H,3H2,1-2H3,(H,28,35)(H,29,34). The van der Waals surface area contributed by atoms with E-state index in [1.54, 1.807) is 137 Å². The maximum absolute atomic E-state index is 13.5. The Kier molecular flexibility index (Phi) is 27.7. The average Bonchev–Trinajstić information content (AvgIpc) is 1.41. The predicted molar refractivity (Wildman–Crippen MR) is 459 cm³/mol. The summed E-state index contributed by atoms with van der Waals surface area (Å²) in [7, 11) is -10.2. The van der Waals surface area contributed by atoms with Crippen molar-refractivity contribution in [2.75, 3.05) is 31.9 Å². The van der Waals surface area contributed by atoms with Crippen LogP contribution >= 0.6 is 34.8 Å². The molecule has 0 aliphatic rings. The van der Waals surface area contributed by atoms with Crippen molar-refractivity contribution >= 4 is 134 Å². The zero-order valence-corrected chi connectivity index (χ0v) is 69.8. The summed E-state index contributed by atoms with van der Waals surface area (Å²) in [6.07, 6.45) is 9.49. The summed E-state index contributed by atoms with van der Waals surface area (Å²) in [6, 6.07) is 55.7. The number of aromatic hydroxyl groups is 3. The number of phenolic OH excluding ortho intramolecular Hbond substituents is 3. The van der Waals surface area contributed by atoms with Gasteiger partial charge in [-0.1, -0.05) is 164 Å². The first-order chi connectivity index (χ1) is 57.2. The molecule has 0 spiro atoms. The van der Waals surface area contributed by atoms with Crippen LogP contribution in [0.1, 0.15) is 87.9 Å². The third-order valence-electron chi connectivity index (χ3n) is 18.6. The van der Waals surface area contributed by atoms with Crippen LogP contribution in [0.3, 0.4) is 0 Å². The molecule has 618 valence electrons. The second kappa shape index (κ2) is 38.0. The van der Waals surface area contributed by atoms with E-state index >= 15 is 0 Å². The number of halogens is 3. The highest BCUT2D eigenvalue weighted by Crippen LogP contribution is 2.39. The number of nitrogens with one attached hydrogen (secondary N) is 6. The van der Waals surface area contributed by atoms with Crippen molar-refractivity contribution < 1.29 is 69.3 Å². The van der Waals surface area contributed by atoms with Crippen LogP contribution in [-0.4, -0.2) is 131 Å². The minimum atomic E-state index is -4.04. The lowest BCUT2D eigenvalue weighted by Gasteiger charge is -2.19. The summed E-state index contributed by atoms with van der Waals surface area (Å²) in [5, 5.41) is 59.9. The van der Waals surface area contributed by atoms with Gasteiger partial charge in [-0.25, -0.2) is 29.9 Å². The van der Waals surface area contributed by atoms with E-state index in [1.165, 1.54) is 82.5 Å². The molecule has 0 radical (unpaired) electrons. The molecule has 13 rings (SSSR count). The number of benzene rings is 9. The summed E-state index contributed by atoms with van der Waals surface area (Å²) < 4.78 is 84.2. The summed E-state index contributed by atoms with van der Waals surface area (Å²) >= 11 is 18.9. The van der Waals surface area contributed by atoms with Crippen LogP contribution in [0.15, 0.2) is 258 Å². The first-order valence-electron chi connectivity index (χ1n) is 36.9. The van der Waals surface area contributed by atoms with Crippen LogP contribution in [0.4, 0.5) is 34.1 Å². The predicted octanol–water partition coefficient (Wildman–Crippen LogP) is 15.3. The number of amides is 6. The largest absolute Gasteiger partial charge is 0.506 e. The fourth-order valence-electron chi connectivity index (χ4n) is 12.4. The maximum atomic E-state index is 13.5. The van der Waals surface area contributed by atoms with Crippen molar-refractivity contribution in [1.29, 1.82) is 0 Å². The molecule has 29 nitrogen and oxygen atoms in total. The maximum Gasteiger partial charge on any atom is 0.277 e. The number of aromatic nitrogens is 8. The molecule has 4 aromatic heterocycles. The van der Waals surface area contributed by atoms with E-state index in [-0.39, 0.29) is 106 Å². The van der Waals surface area contributed by atoms with Crippen molar-refractivity contribution in [1.82, 2.24) is 39.1 Å². The minimum Gasteiger partial charge on any atom is -0.506 e. The lowest BCUT2D eigenvalue weighted by atomic mass is 10.2. The molecule has 3 unspecified atom stereocenters. The van der Waals surface area contributed by atoms with E-state index < -0.39 is 92.2 Å². The second-order valence-electron chi connectivity index (χ2n) is 27.3. The Bertz CT molecular complexity index is 6390. The molecule has 9 aromatic carbocycles. The summed E-state index contributed by atoms with van der Waals surface area (Å²) in [6.45, 7) is 10.1. The van der Waals surface area contributed by atoms with Crippen LogP contribution in [0.5, 0.6) is 17.2 Å². The highest BCUT2D eigenvalue weighted by Gasteiger charge is 2.37. The van der Waals surface area contributed by atoms with Crippen LogP contribution in [-0.2, 0) is 50.9 Å². The van der Waals surface area contributed by atoms with E-state index in [0.29, 0.717) is 16.9 Å². The molecule has 9 N–H and O–H groups in total. The number of sulfone groups is 3. The van der Waals surface area contributed by atoms with E-state index in [2.05, 4.69) is 52.4 Å². The van der Waals surface area contributed by atoms with Gasteiger partial charge in [0.1, 0.15) is 44.4 Å². The van der Waals surface area contributed by atoms with Gasteiger partial charge in [-0.3, -0.25) is 28.8 Å². The van der Waals surface area contributed by atoms with Crippen molar-refractivity contribution in [3.63, 3.8) is 0 Å². The Hall–Kier alpha value is -13.2. The van der Waals surface area contributed by atoms with E-state index in [4.69, 9.17) is 34.8 Å². The number of nitrogens with zero attached hydrogens (tertiary/aromatic N) is 8. The van der Waals surface area contributed by atoms with Crippen LogP contribution < -0.4 is 31.9 Å². The Morgan fingerprint density at radius 3 is 1.31 bits per heavy atom. The van der Waals surface area contributed by atoms with Gasteiger partial charge in [0.25, 0.3) is 17.7 Å². The van der Waals surface area contributed by atoms with Gasteiger partial charge in [0.2, 0.25) is 17.7 Å². The van der Waals surface area contributed by atoms with Gasteiger partial charge in [0.15, 0.2) is 35.2 Å². The molecule has 0 bridgehead atoms. The fraction of sp³-hybridized carbons (Fsp3) is 0.153. The molecule has 0 aliphatic heterocycles. The number of rotatable bonds is 25. The molecule has 4 heterocycles. The Morgan fingerprint density at radius 2 is 0.858 bits per heavy atom. The number of anilines is 6. The SMILES string of the molecule is CCC(C(=O)Nc1cc(O)c(NC(=O)c2ccn(C)c2)cc1-n1ncc(-c2ccccc2)n1)S(=O)(=O)c1cccc(C)c1.CCC(C(=O)Nc1cc(O)c(NC(=O)c2cn(-c3ccccc3)cc2Cl)cc1Cl)S(=O)(=O)c1cccc(C)c1.CCC(C(=O)Nc1cc(O)c(NC(=O)c2cn(-c3ccccc3)nn2)cc1Cl)S(=O)(=O)c1cccc(C)c1. The quantitative estimate of drug-likeness (QED) is 0.0240. The van der Waals surface area contributed by atoms with Crippen LogP contribution in [0.2, 0.25) is 15.1 Å². The minimum absolute atomic E-state index is 0.00565. The van der Waals surface area contributed by atoms with E-state index in [9.17, 15) is 69.3 Å². The molecule has 0 aliphatic carbocycles. The van der Waals surface area contributed by atoms with Crippen LogP contribution in [0.25, 0.3) is 28.3 Å². The van der Waals surface area contributed by atoms with Gasteiger partial charge in [-0.2, -0.15) is 5.10 Å². The van der Waals surface area contributed by atoms with Gasteiger partial charge >= 0.3 is 0 Å². The van der Waals surface area contributed by atoms with Gasteiger partial charge in [-0.05, 0) is 142 Å². The average molecular weight is 1740 g/mol. The monoisotopic (exact) mass is 1740 g/mol. The zero-order valence-electron chi connectivity index (χ0n) is 65.1. The molecule has 0 fully saturated rings. The highest BCUT2D eigenvalue weighted by molar-refractivity contribution is 7.93.